The van der Waals surface area contributed by atoms with E-state index in [2.05, 4.69) is 6.58 Å². The first-order valence-electron chi connectivity index (χ1n) is 8.92. The van der Waals surface area contributed by atoms with Crippen LogP contribution in [0.25, 0.3) is 6.08 Å². The highest BCUT2D eigenvalue weighted by atomic mass is 16.6. The predicted octanol–water partition coefficient (Wildman–Crippen LogP) is 2.90. The van der Waals surface area contributed by atoms with Gasteiger partial charge in [0.2, 0.25) is 0 Å². The van der Waals surface area contributed by atoms with Crippen LogP contribution < -0.4 is 4.74 Å². The molecule has 6 nitrogen and oxygen atoms in total. The minimum atomic E-state index is -0.773. The number of hydrogen-bond donors (Lipinski definition) is 1. The smallest absolute Gasteiger partial charge is 0.333 e. The van der Waals surface area contributed by atoms with Gasteiger partial charge < -0.3 is 19.3 Å². The summed E-state index contributed by atoms with van der Waals surface area (Å²) in [6.45, 7) is 5.36. The summed E-state index contributed by atoms with van der Waals surface area (Å²) in [5, 5.41) is 10.2. The van der Waals surface area contributed by atoms with Crippen molar-refractivity contribution in [2.45, 2.75) is 38.4 Å². The van der Waals surface area contributed by atoms with E-state index >= 15 is 0 Å². The average Bonchev–Trinajstić information content (AvgIpc) is 2.66. The number of ether oxygens (including phenoxy) is 3. The Morgan fingerprint density at radius 1 is 1.26 bits per heavy atom. The molecule has 0 heterocycles. The van der Waals surface area contributed by atoms with Crippen LogP contribution in [0.2, 0.25) is 0 Å². The zero-order chi connectivity index (χ0) is 19.8. The second-order valence-electron chi connectivity index (χ2n) is 6.71. The maximum atomic E-state index is 12.0. The van der Waals surface area contributed by atoms with E-state index in [-0.39, 0.29) is 12.5 Å². The predicted molar refractivity (Wildman–Crippen MR) is 101 cm³/mol. The lowest BCUT2D eigenvalue weighted by Crippen LogP contribution is -2.38. The van der Waals surface area contributed by atoms with Gasteiger partial charge in [-0.05, 0) is 55.9 Å². The third-order valence-corrected chi connectivity index (χ3v) is 4.46. The molecule has 3 atom stereocenters. The van der Waals surface area contributed by atoms with Gasteiger partial charge in [0.1, 0.15) is 11.9 Å². The SMILES string of the molecule is C=C(C)C(=O)OCC1CCC(OC(=O)C=Cc2ccc(OC)cc2)C(O)C1. The highest BCUT2D eigenvalue weighted by Crippen LogP contribution is 2.27. The van der Waals surface area contributed by atoms with Crippen LogP contribution in [0.5, 0.6) is 5.75 Å². The van der Waals surface area contributed by atoms with Crippen LogP contribution in [-0.2, 0) is 19.1 Å². The van der Waals surface area contributed by atoms with Crippen molar-refractivity contribution in [1.29, 1.82) is 0 Å². The van der Waals surface area contributed by atoms with Crippen molar-refractivity contribution in [2.75, 3.05) is 13.7 Å². The van der Waals surface area contributed by atoms with Crippen molar-refractivity contribution in [3.05, 3.63) is 48.1 Å². The van der Waals surface area contributed by atoms with Crippen LogP contribution in [0.15, 0.2) is 42.5 Å². The zero-order valence-electron chi connectivity index (χ0n) is 15.7. The van der Waals surface area contributed by atoms with Gasteiger partial charge in [-0.15, -0.1) is 0 Å². The molecular formula is C21H26O6. The second-order valence-corrected chi connectivity index (χ2v) is 6.71. The topological polar surface area (TPSA) is 82.1 Å². The number of methoxy groups -OCH3 is 1. The molecule has 0 aliphatic heterocycles. The highest BCUT2D eigenvalue weighted by molar-refractivity contribution is 5.87. The molecule has 0 radical (unpaired) electrons. The summed E-state index contributed by atoms with van der Waals surface area (Å²) in [7, 11) is 1.59. The average molecular weight is 374 g/mol. The number of benzene rings is 1. The van der Waals surface area contributed by atoms with E-state index in [0.29, 0.717) is 24.8 Å². The van der Waals surface area contributed by atoms with Gasteiger partial charge in [-0.3, -0.25) is 0 Å². The molecule has 0 amide bonds. The third kappa shape index (κ3) is 6.57. The Kier molecular flexibility index (Phi) is 7.61. The number of aliphatic hydroxyl groups excluding tert-OH is 1. The number of aliphatic hydroxyl groups is 1. The molecular weight excluding hydrogens is 348 g/mol. The van der Waals surface area contributed by atoms with Gasteiger partial charge in [0.25, 0.3) is 0 Å². The van der Waals surface area contributed by atoms with Crippen molar-refractivity contribution in [3.63, 3.8) is 0 Å². The Hall–Kier alpha value is -2.60. The lowest BCUT2D eigenvalue weighted by Gasteiger charge is -2.32. The summed E-state index contributed by atoms with van der Waals surface area (Å²) >= 11 is 0. The minimum absolute atomic E-state index is 0.0492. The fraction of sp³-hybridized carbons (Fsp3) is 0.429. The maximum Gasteiger partial charge on any atom is 0.333 e. The summed E-state index contributed by atoms with van der Waals surface area (Å²) < 4.78 is 15.6. The monoisotopic (exact) mass is 374 g/mol. The zero-order valence-corrected chi connectivity index (χ0v) is 15.7. The molecule has 1 saturated carbocycles. The lowest BCUT2D eigenvalue weighted by atomic mass is 9.86. The number of hydrogen-bond acceptors (Lipinski definition) is 6. The third-order valence-electron chi connectivity index (χ3n) is 4.46. The first-order chi connectivity index (χ1) is 12.9. The molecule has 1 aromatic carbocycles. The van der Waals surface area contributed by atoms with Gasteiger partial charge in [-0.2, -0.15) is 0 Å². The molecule has 0 bridgehead atoms. The van der Waals surface area contributed by atoms with Crippen molar-refractivity contribution in [1.82, 2.24) is 0 Å². The lowest BCUT2D eigenvalue weighted by molar-refractivity contribution is -0.154. The van der Waals surface area contributed by atoms with Gasteiger partial charge in [0.15, 0.2) is 0 Å². The summed E-state index contributed by atoms with van der Waals surface area (Å²) in [6.07, 6.45) is 3.33. The highest BCUT2D eigenvalue weighted by Gasteiger charge is 2.32. The normalized spacial score (nSPS) is 22.3. The molecule has 3 unspecified atom stereocenters. The van der Waals surface area contributed by atoms with E-state index < -0.39 is 24.1 Å². The van der Waals surface area contributed by atoms with E-state index in [9.17, 15) is 14.7 Å². The van der Waals surface area contributed by atoms with Crippen LogP contribution in [0.4, 0.5) is 0 Å². The maximum absolute atomic E-state index is 12.0. The molecule has 1 aliphatic rings. The van der Waals surface area contributed by atoms with Gasteiger partial charge in [0.05, 0.1) is 19.8 Å². The summed E-state index contributed by atoms with van der Waals surface area (Å²) in [6, 6.07) is 7.26. The van der Waals surface area contributed by atoms with Crippen molar-refractivity contribution in [2.24, 2.45) is 5.92 Å². The summed E-state index contributed by atoms with van der Waals surface area (Å²) in [4.78, 5) is 23.4. The summed E-state index contributed by atoms with van der Waals surface area (Å²) in [5.41, 5.74) is 1.19. The van der Waals surface area contributed by atoms with E-state index in [1.165, 1.54) is 6.08 Å². The number of esters is 2. The Labute approximate surface area is 159 Å². The molecule has 0 aromatic heterocycles. The largest absolute Gasteiger partial charge is 0.497 e. The Morgan fingerprint density at radius 3 is 2.56 bits per heavy atom. The molecule has 146 valence electrons. The molecule has 1 aromatic rings. The molecule has 1 aliphatic carbocycles. The van der Waals surface area contributed by atoms with Crippen LogP contribution in [0.1, 0.15) is 31.7 Å². The van der Waals surface area contributed by atoms with Crippen molar-refractivity contribution < 1.29 is 28.9 Å². The Bertz CT molecular complexity index is 691. The number of rotatable bonds is 7. The van der Waals surface area contributed by atoms with E-state index in [4.69, 9.17) is 14.2 Å². The number of carbonyl (C=O) groups excluding carboxylic acids is 2. The van der Waals surface area contributed by atoms with Crippen LogP contribution in [0, 0.1) is 5.92 Å². The standard InChI is InChI=1S/C21H26O6/c1-14(2)21(24)26-13-16-6-10-19(18(22)12-16)27-20(23)11-7-15-4-8-17(25-3)9-5-15/h4-5,7-9,11,16,18-19,22H,1,6,10,12-13H2,2-3H3. The fourth-order valence-corrected chi connectivity index (χ4v) is 2.88. The quantitative estimate of drug-likeness (QED) is 0.584. The van der Waals surface area contributed by atoms with E-state index in [1.807, 2.05) is 12.1 Å². The Morgan fingerprint density at radius 2 is 1.96 bits per heavy atom. The minimum Gasteiger partial charge on any atom is -0.497 e. The Balaban J connectivity index is 1.78. The first-order valence-corrected chi connectivity index (χ1v) is 8.92. The van der Waals surface area contributed by atoms with Crippen LogP contribution in [-0.4, -0.2) is 43.0 Å². The van der Waals surface area contributed by atoms with Gasteiger partial charge >= 0.3 is 11.9 Å². The second kappa shape index (κ2) is 9.92. The molecule has 1 fully saturated rings. The van der Waals surface area contributed by atoms with Gasteiger partial charge in [0, 0.05) is 11.6 Å². The molecule has 0 spiro atoms. The van der Waals surface area contributed by atoms with Gasteiger partial charge in [-0.25, -0.2) is 9.59 Å². The molecule has 27 heavy (non-hydrogen) atoms. The molecule has 0 saturated heterocycles. The first kappa shape index (κ1) is 20.7. The molecule has 1 N–H and O–H groups in total. The molecule has 2 rings (SSSR count). The summed E-state index contributed by atoms with van der Waals surface area (Å²) in [5.74, 6) is -0.139. The van der Waals surface area contributed by atoms with Crippen molar-refractivity contribution in [3.8, 4) is 5.75 Å². The van der Waals surface area contributed by atoms with Crippen LogP contribution >= 0.6 is 0 Å². The molecule has 6 heteroatoms. The van der Waals surface area contributed by atoms with Crippen LogP contribution in [0.3, 0.4) is 0 Å². The van der Waals surface area contributed by atoms with Gasteiger partial charge in [-0.1, -0.05) is 18.7 Å². The van der Waals surface area contributed by atoms with Crippen molar-refractivity contribution >= 4 is 18.0 Å². The number of carbonyl (C=O) groups is 2. The fourth-order valence-electron chi connectivity index (χ4n) is 2.88. The van der Waals surface area contributed by atoms with E-state index in [1.54, 1.807) is 32.2 Å². The van der Waals surface area contributed by atoms with E-state index in [0.717, 1.165) is 11.3 Å².